The van der Waals surface area contributed by atoms with Gasteiger partial charge in [-0.1, -0.05) is 24.3 Å². The molecule has 0 saturated carbocycles. The molecule has 5 heteroatoms. The van der Waals surface area contributed by atoms with Gasteiger partial charge in [-0.05, 0) is 36.8 Å². The number of fused-ring (bicyclic) bond motifs is 1. The number of imidazole rings is 1. The maximum atomic E-state index is 13.0. The van der Waals surface area contributed by atoms with E-state index in [4.69, 9.17) is 4.74 Å². The number of nitrogens with zero attached hydrogens (tertiary/aromatic N) is 3. The summed E-state index contributed by atoms with van der Waals surface area (Å²) in [6, 6.07) is 15.4. The first-order valence-electron chi connectivity index (χ1n) is 8.33. The number of rotatable bonds is 3. The Balaban J connectivity index is 1.57. The second kappa shape index (κ2) is 6.43. The number of hydrogen-bond acceptors (Lipinski definition) is 3. The Hall–Kier alpha value is -3.08. The number of carbonyl (C=O) groups is 1. The molecular weight excluding hydrogens is 314 g/mol. The van der Waals surface area contributed by atoms with E-state index in [0.717, 1.165) is 23.5 Å². The fraction of sp³-hybridized carbons (Fsp3) is 0.200. The van der Waals surface area contributed by atoms with E-state index in [1.54, 1.807) is 17.4 Å². The molecule has 0 bridgehead atoms. The summed E-state index contributed by atoms with van der Waals surface area (Å²) in [4.78, 5) is 18.8. The summed E-state index contributed by atoms with van der Waals surface area (Å²) in [5.41, 5.74) is 2.64. The van der Waals surface area contributed by atoms with Gasteiger partial charge in [-0.25, -0.2) is 4.98 Å². The van der Waals surface area contributed by atoms with E-state index in [1.165, 1.54) is 0 Å². The molecule has 1 amide bonds. The zero-order chi connectivity index (χ0) is 17.2. The summed E-state index contributed by atoms with van der Waals surface area (Å²) in [5.74, 6) is 0.753. The Morgan fingerprint density at radius 2 is 2.00 bits per heavy atom. The van der Waals surface area contributed by atoms with Crippen molar-refractivity contribution in [2.24, 2.45) is 0 Å². The number of anilines is 1. The summed E-state index contributed by atoms with van der Waals surface area (Å²) >= 11 is 0. The second-order valence-corrected chi connectivity index (χ2v) is 6.24. The molecule has 25 heavy (non-hydrogen) atoms. The van der Waals surface area contributed by atoms with Gasteiger partial charge in [0.05, 0.1) is 18.6 Å². The zero-order valence-electron chi connectivity index (χ0n) is 14.0. The van der Waals surface area contributed by atoms with Gasteiger partial charge < -0.3 is 14.2 Å². The molecule has 1 aromatic heterocycles. The predicted molar refractivity (Wildman–Crippen MR) is 96.0 cm³/mol. The van der Waals surface area contributed by atoms with Crippen LogP contribution in [0.3, 0.4) is 0 Å². The van der Waals surface area contributed by atoms with E-state index in [1.807, 2.05) is 66.2 Å². The van der Waals surface area contributed by atoms with E-state index < -0.39 is 0 Å². The number of ether oxygens (including phenoxy) is 1. The van der Waals surface area contributed by atoms with Gasteiger partial charge in [-0.15, -0.1) is 0 Å². The lowest BCUT2D eigenvalue weighted by Crippen LogP contribution is -2.42. The number of benzene rings is 2. The Morgan fingerprint density at radius 3 is 2.76 bits per heavy atom. The topological polar surface area (TPSA) is 47.4 Å². The first-order chi connectivity index (χ1) is 12.2. The normalized spacial score (nSPS) is 16.2. The van der Waals surface area contributed by atoms with E-state index in [0.29, 0.717) is 12.1 Å². The van der Waals surface area contributed by atoms with Crippen molar-refractivity contribution in [1.82, 2.24) is 9.55 Å². The van der Waals surface area contributed by atoms with Crippen molar-refractivity contribution in [3.05, 3.63) is 78.4 Å². The van der Waals surface area contributed by atoms with Crippen LogP contribution in [0.2, 0.25) is 0 Å². The summed E-state index contributed by atoms with van der Waals surface area (Å²) in [7, 11) is 0. The van der Waals surface area contributed by atoms with Crippen molar-refractivity contribution in [3.63, 3.8) is 0 Å². The Morgan fingerprint density at radius 1 is 1.20 bits per heavy atom. The molecule has 0 aliphatic carbocycles. The molecule has 3 aromatic rings. The number of hydrogen-bond donors (Lipinski definition) is 0. The van der Waals surface area contributed by atoms with Crippen LogP contribution in [0.5, 0.6) is 5.75 Å². The molecule has 1 atom stereocenters. The second-order valence-electron chi connectivity index (χ2n) is 6.24. The molecule has 4 rings (SSSR count). The monoisotopic (exact) mass is 333 g/mol. The zero-order valence-corrected chi connectivity index (χ0v) is 14.0. The highest BCUT2D eigenvalue weighted by atomic mass is 16.5. The van der Waals surface area contributed by atoms with Crippen molar-refractivity contribution in [2.45, 2.75) is 19.6 Å². The van der Waals surface area contributed by atoms with Crippen molar-refractivity contribution >= 4 is 11.6 Å². The summed E-state index contributed by atoms with van der Waals surface area (Å²) in [6.07, 6.45) is 5.44. The van der Waals surface area contributed by atoms with Gasteiger partial charge in [0.25, 0.3) is 5.91 Å². The van der Waals surface area contributed by atoms with Crippen LogP contribution in [-0.2, 0) is 6.54 Å². The minimum absolute atomic E-state index is 0.00298. The first kappa shape index (κ1) is 15.4. The number of carbonyl (C=O) groups excluding carboxylic acids is 1. The van der Waals surface area contributed by atoms with Crippen LogP contribution in [0.15, 0.2) is 67.3 Å². The lowest BCUT2D eigenvalue weighted by atomic mass is 10.1. The van der Waals surface area contributed by atoms with E-state index in [9.17, 15) is 4.79 Å². The van der Waals surface area contributed by atoms with Gasteiger partial charge in [-0.3, -0.25) is 4.79 Å². The highest BCUT2D eigenvalue weighted by molar-refractivity contribution is 6.07. The van der Waals surface area contributed by atoms with E-state index in [-0.39, 0.29) is 12.0 Å². The van der Waals surface area contributed by atoms with Crippen molar-refractivity contribution in [2.75, 3.05) is 11.4 Å². The summed E-state index contributed by atoms with van der Waals surface area (Å²) < 4.78 is 7.82. The van der Waals surface area contributed by atoms with Crippen molar-refractivity contribution in [1.29, 1.82) is 0 Å². The van der Waals surface area contributed by atoms with Crippen LogP contribution in [0.1, 0.15) is 22.8 Å². The third kappa shape index (κ3) is 3.13. The maximum absolute atomic E-state index is 13.0. The Kier molecular flexibility index (Phi) is 3.98. The van der Waals surface area contributed by atoms with Gasteiger partial charge >= 0.3 is 0 Å². The molecular formula is C20H19N3O2. The average Bonchev–Trinajstić information content (AvgIpc) is 3.14. The third-order valence-corrected chi connectivity index (χ3v) is 4.29. The molecule has 0 unspecified atom stereocenters. The molecule has 2 aromatic carbocycles. The maximum Gasteiger partial charge on any atom is 0.258 e. The standard InChI is InChI=1S/C20H19N3O2/c1-15-12-23(18-4-2-3-5-19(18)25-15)20(24)17-8-6-16(7-9-17)13-22-11-10-21-14-22/h2-11,14-15H,12-13H2,1H3/t15-/m0/s1. The highest BCUT2D eigenvalue weighted by Gasteiger charge is 2.27. The smallest absolute Gasteiger partial charge is 0.258 e. The predicted octanol–water partition coefficient (Wildman–Crippen LogP) is 3.36. The SMILES string of the molecule is C[C@H]1CN(C(=O)c2ccc(Cn3ccnc3)cc2)c2ccccc2O1. The average molecular weight is 333 g/mol. The van der Waals surface area contributed by atoms with Gasteiger partial charge in [0.2, 0.25) is 0 Å². The largest absolute Gasteiger partial charge is 0.487 e. The highest BCUT2D eigenvalue weighted by Crippen LogP contribution is 2.33. The molecule has 0 saturated heterocycles. The molecule has 0 N–H and O–H groups in total. The van der Waals surface area contributed by atoms with Crippen LogP contribution in [-0.4, -0.2) is 28.1 Å². The molecule has 5 nitrogen and oxygen atoms in total. The fourth-order valence-electron chi connectivity index (χ4n) is 3.08. The molecule has 0 radical (unpaired) electrons. The molecule has 1 aliphatic rings. The minimum atomic E-state index is -0.0284. The lowest BCUT2D eigenvalue weighted by molar-refractivity contribution is 0.0961. The van der Waals surface area contributed by atoms with Crippen LogP contribution >= 0.6 is 0 Å². The van der Waals surface area contributed by atoms with E-state index >= 15 is 0 Å². The van der Waals surface area contributed by atoms with Crippen LogP contribution < -0.4 is 9.64 Å². The van der Waals surface area contributed by atoms with Crippen molar-refractivity contribution in [3.8, 4) is 5.75 Å². The first-order valence-corrected chi connectivity index (χ1v) is 8.33. The van der Waals surface area contributed by atoms with Gasteiger partial charge in [-0.2, -0.15) is 0 Å². The molecule has 2 heterocycles. The van der Waals surface area contributed by atoms with E-state index in [2.05, 4.69) is 4.98 Å². The Labute approximate surface area is 146 Å². The molecule has 0 spiro atoms. The van der Waals surface area contributed by atoms with Crippen molar-refractivity contribution < 1.29 is 9.53 Å². The molecule has 0 fully saturated rings. The fourth-order valence-corrected chi connectivity index (χ4v) is 3.08. The van der Waals surface area contributed by atoms with Gasteiger partial charge in [0, 0.05) is 24.5 Å². The summed E-state index contributed by atoms with van der Waals surface area (Å²) in [5, 5.41) is 0. The van der Waals surface area contributed by atoms with Gasteiger partial charge in [0.1, 0.15) is 11.9 Å². The number of aromatic nitrogens is 2. The van der Waals surface area contributed by atoms with Crippen LogP contribution in [0.4, 0.5) is 5.69 Å². The Bertz CT molecular complexity index is 872. The van der Waals surface area contributed by atoms with Crippen LogP contribution in [0.25, 0.3) is 0 Å². The minimum Gasteiger partial charge on any atom is -0.487 e. The molecule has 1 aliphatic heterocycles. The number of amides is 1. The van der Waals surface area contributed by atoms with Crippen LogP contribution in [0, 0.1) is 0 Å². The summed E-state index contributed by atoms with van der Waals surface area (Å²) in [6.45, 7) is 3.27. The lowest BCUT2D eigenvalue weighted by Gasteiger charge is -2.33. The quantitative estimate of drug-likeness (QED) is 0.738. The van der Waals surface area contributed by atoms with Gasteiger partial charge in [0.15, 0.2) is 0 Å². The molecule has 126 valence electrons. The third-order valence-electron chi connectivity index (χ3n) is 4.29. The number of para-hydroxylation sites is 2.